The zero-order valence-electron chi connectivity index (χ0n) is 23.0. The summed E-state index contributed by atoms with van der Waals surface area (Å²) in [5.41, 5.74) is -1.09. The fraction of sp³-hybridized carbons (Fsp3) is 0.500. The van der Waals surface area contributed by atoms with Crippen LogP contribution in [0.3, 0.4) is 0 Å². The van der Waals surface area contributed by atoms with E-state index in [9.17, 15) is 19.5 Å². The van der Waals surface area contributed by atoms with Gasteiger partial charge < -0.3 is 30.1 Å². The average molecular weight is 570 g/mol. The van der Waals surface area contributed by atoms with E-state index < -0.39 is 41.0 Å². The summed E-state index contributed by atoms with van der Waals surface area (Å²) in [5.74, 6) is -2.10. The average Bonchev–Trinajstić information content (AvgIpc) is 3.56. The van der Waals surface area contributed by atoms with E-state index in [1.807, 2.05) is 20.8 Å². The molecule has 2 unspecified atom stereocenters. The molecule has 3 amide bonds. The minimum atomic E-state index is -1.21. The van der Waals surface area contributed by atoms with Gasteiger partial charge in [0.15, 0.2) is 0 Å². The predicted octanol–water partition coefficient (Wildman–Crippen LogP) is 4.24. The van der Waals surface area contributed by atoms with Gasteiger partial charge in [-0.05, 0) is 69.0 Å². The van der Waals surface area contributed by atoms with Crippen molar-refractivity contribution in [3.8, 4) is 5.75 Å². The number of ether oxygens (including phenoxy) is 2. The van der Waals surface area contributed by atoms with Crippen molar-refractivity contribution in [3.05, 3.63) is 53.6 Å². The van der Waals surface area contributed by atoms with Crippen molar-refractivity contribution in [1.29, 1.82) is 0 Å². The Morgan fingerprint density at radius 2 is 1.82 bits per heavy atom. The number of fused-ring (bicyclic) bond motifs is 1. The number of benzene rings is 2. The quantitative estimate of drug-likeness (QED) is 0.394. The number of aliphatic hydroxyl groups is 1. The number of rotatable bonds is 10. The van der Waals surface area contributed by atoms with Gasteiger partial charge in [0, 0.05) is 5.69 Å². The number of anilines is 2. The Morgan fingerprint density at radius 3 is 2.45 bits per heavy atom. The first-order valence-electron chi connectivity index (χ1n) is 14.0. The van der Waals surface area contributed by atoms with Gasteiger partial charge in [-0.2, -0.15) is 0 Å². The Labute approximate surface area is 239 Å². The van der Waals surface area contributed by atoms with Gasteiger partial charge in [-0.15, -0.1) is 0 Å². The third-order valence-electron chi connectivity index (χ3n) is 8.79. The van der Waals surface area contributed by atoms with Crippen molar-refractivity contribution < 1.29 is 29.0 Å². The van der Waals surface area contributed by atoms with Crippen molar-refractivity contribution in [2.75, 3.05) is 23.8 Å². The van der Waals surface area contributed by atoms with Crippen LogP contribution < -0.4 is 15.4 Å². The lowest BCUT2D eigenvalue weighted by atomic mass is 9.65. The molecule has 2 aromatic rings. The molecule has 214 valence electrons. The van der Waals surface area contributed by atoms with Gasteiger partial charge in [-0.1, -0.05) is 37.6 Å². The third kappa shape index (κ3) is 4.44. The van der Waals surface area contributed by atoms with Crippen molar-refractivity contribution in [1.82, 2.24) is 4.90 Å². The van der Waals surface area contributed by atoms with Crippen molar-refractivity contribution in [3.63, 3.8) is 0 Å². The largest absolute Gasteiger partial charge is 0.494 e. The zero-order valence-corrected chi connectivity index (χ0v) is 23.7. The summed E-state index contributed by atoms with van der Waals surface area (Å²) < 4.78 is 12.3. The molecule has 2 aromatic carbocycles. The maximum absolute atomic E-state index is 14.2. The second kappa shape index (κ2) is 11.0. The van der Waals surface area contributed by atoms with Crippen LogP contribution >= 0.6 is 11.6 Å². The minimum Gasteiger partial charge on any atom is -0.494 e. The molecule has 0 radical (unpaired) electrons. The van der Waals surface area contributed by atoms with Gasteiger partial charge in [0.1, 0.15) is 17.4 Å². The second-order valence-corrected chi connectivity index (χ2v) is 11.1. The minimum absolute atomic E-state index is 0.317. The number of para-hydroxylation sites is 1. The molecule has 0 saturated carbocycles. The number of aliphatic hydroxyl groups excluding tert-OH is 1. The highest BCUT2D eigenvalue weighted by molar-refractivity contribution is 6.33. The van der Waals surface area contributed by atoms with Crippen molar-refractivity contribution in [2.24, 2.45) is 11.8 Å². The fourth-order valence-corrected chi connectivity index (χ4v) is 7.13. The summed E-state index contributed by atoms with van der Waals surface area (Å²) in [5, 5.41) is 16.4. The van der Waals surface area contributed by atoms with Crippen LogP contribution in [0.5, 0.6) is 5.75 Å². The fourth-order valence-electron chi connectivity index (χ4n) is 6.95. The SMILES string of the molecule is CCOc1ccc(NC(=O)[C@H]2[C@H]3C(=O)N([C@@H](CC)CO)C(C(=O)Nc4ccccc4Cl)C34CC[C@]2(CC)O4)cc1. The first-order valence-corrected chi connectivity index (χ1v) is 14.3. The van der Waals surface area contributed by atoms with E-state index in [0.29, 0.717) is 54.4 Å². The number of carbonyl (C=O) groups is 3. The molecule has 10 heteroatoms. The Balaban J connectivity index is 1.52. The molecule has 9 nitrogen and oxygen atoms in total. The lowest BCUT2D eigenvalue weighted by Crippen LogP contribution is -2.56. The number of hydrogen-bond acceptors (Lipinski definition) is 6. The number of halogens is 1. The smallest absolute Gasteiger partial charge is 0.250 e. The van der Waals surface area contributed by atoms with Crippen LogP contribution in [0.15, 0.2) is 48.5 Å². The molecule has 3 fully saturated rings. The maximum Gasteiger partial charge on any atom is 0.250 e. The molecule has 0 aromatic heterocycles. The van der Waals surface area contributed by atoms with E-state index in [0.717, 1.165) is 0 Å². The number of nitrogens with one attached hydrogen (secondary N) is 2. The van der Waals surface area contributed by atoms with Crippen molar-refractivity contribution in [2.45, 2.75) is 69.7 Å². The van der Waals surface area contributed by atoms with E-state index in [1.54, 1.807) is 48.5 Å². The highest BCUT2D eigenvalue weighted by atomic mass is 35.5. The van der Waals surface area contributed by atoms with E-state index in [-0.39, 0.29) is 18.4 Å². The van der Waals surface area contributed by atoms with Crippen LogP contribution in [-0.2, 0) is 19.1 Å². The van der Waals surface area contributed by atoms with E-state index >= 15 is 0 Å². The predicted molar refractivity (Wildman–Crippen MR) is 151 cm³/mol. The molecule has 1 spiro atoms. The number of nitrogens with zero attached hydrogens (tertiary/aromatic N) is 1. The van der Waals surface area contributed by atoms with Crippen LogP contribution in [0.25, 0.3) is 0 Å². The second-order valence-electron chi connectivity index (χ2n) is 10.7. The van der Waals surface area contributed by atoms with E-state index in [2.05, 4.69) is 10.6 Å². The van der Waals surface area contributed by atoms with Crippen LogP contribution in [0.2, 0.25) is 5.02 Å². The topological polar surface area (TPSA) is 117 Å². The Bertz CT molecular complexity index is 1280. The summed E-state index contributed by atoms with van der Waals surface area (Å²) in [6.45, 7) is 5.91. The molecule has 3 aliphatic heterocycles. The summed E-state index contributed by atoms with van der Waals surface area (Å²) in [4.78, 5) is 43.6. The normalized spacial score (nSPS) is 29.3. The van der Waals surface area contributed by atoms with Gasteiger partial charge in [0.05, 0.1) is 47.4 Å². The maximum atomic E-state index is 14.2. The van der Waals surface area contributed by atoms with Gasteiger partial charge in [0.25, 0.3) is 0 Å². The summed E-state index contributed by atoms with van der Waals surface area (Å²) in [6.07, 6.45) is 1.93. The molecule has 3 aliphatic rings. The molecular weight excluding hydrogens is 534 g/mol. The Morgan fingerprint density at radius 1 is 1.10 bits per heavy atom. The molecule has 40 heavy (non-hydrogen) atoms. The summed E-state index contributed by atoms with van der Waals surface area (Å²) >= 11 is 6.33. The Kier molecular flexibility index (Phi) is 7.83. The molecule has 3 N–H and O–H groups in total. The lowest BCUT2D eigenvalue weighted by molar-refractivity contribution is -0.148. The highest BCUT2D eigenvalue weighted by Gasteiger charge is 2.79. The summed E-state index contributed by atoms with van der Waals surface area (Å²) in [6, 6.07) is 12.3. The number of hydrogen-bond donors (Lipinski definition) is 3. The van der Waals surface area contributed by atoms with Gasteiger partial charge >= 0.3 is 0 Å². The van der Waals surface area contributed by atoms with Crippen LogP contribution in [0.4, 0.5) is 11.4 Å². The molecule has 2 bridgehead atoms. The monoisotopic (exact) mass is 569 g/mol. The van der Waals surface area contributed by atoms with Crippen LogP contribution in [-0.4, -0.2) is 64.2 Å². The van der Waals surface area contributed by atoms with Gasteiger partial charge in [0.2, 0.25) is 17.7 Å². The molecule has 0 aliphatic carbocycles. The van der Waals surface area contributed by atoms with Crippen molar-refractivity contribution >= 4 is 40.7 Å². The first kappa shape index (κ1) is 28.4. The molecule has 3 heterocycles. The molecule has 5 rings (SSSR count). The van der Waals surface area contributed by atoms with Gasteiger partial charge in [-0.25, -0.2) is 0 Å². The molecule has 6 atom stereocenters. The first-order chi connectivity index (χ1) is 19.2. The number of amides is 3. The molecular formula is C30H36ClN3O6. The summed E-state index contributed by atoms with van der Waals surface area (Å²) in [7, 11) is 0. The molecule has 3 saturated heterocycles. The van der Waals surface area contributed by atoms with Gasteiger partial charge in [-0.3, -0.25) is 14.4 Å². The standard InChI is InChI=1S/C30H36ClN3O6/c1-4-19(17-35)34-25(27(37)33-22-10-8-7-9-21(22)31)30-16-15-29(5-2,40-30)23(24(30)28(34)38)26(36)32-18-11-13-20(14-12-18)39-6-3/h7-14,19,23-25,35H,4-6,15-17H2,1-3H3,(H,32,36)(H,33,37)/t19-,23+,24-,25?,29-,30?/m0/s1. The Hall–Kier alpha value is -3.14. The zero-order chi connectivity index (χ0) is 28.7. The van der Waals surface area contributed by atoms with E-state index in [1.165, 1.54) is 4.90 Å². The van der Waals surface area contributed by atoms with Crippen LogP contribution in [0, 0.1) is 11.8 Å². The number of likely N-dealkylation sites (tertiary alicyclic amines) is 1. The highest BCUT2D eigenvalue weighted by Crippen LogP contribution is 2.64. The lowest BCUT2D eigenvalue weighted by Gasteiger charge is -2.37. The number of carbonyl (C=O) groups excluding carboxylic acids is 3. The van der Waals surface area contributed by atoms with E-state index in [4.69, 9.17) is 21.1 Å². The third-order valence-corrected chi connectivity index (χ3v) is 9.12. The van der Waals surface area contributed by atoms with Crippen LogP contribution in [0.1, 0.15) is 46.5 Å².